The molecule has 1 aromatic carbocycles. The smallest absolute Gasteiger partial charge is 0.261 e. The van der Waals surface area contributed by atoms with Crippen LogP contribution in [0.15, 0.2) is 53.8 Å². The van der Waals surface area contributed by atoms with Crippen LogP contribution in [0.2, 0.25) is 0 Å². The van der Waals surface area contributed by atoms with Crippen LogP contribution in [0, 0.1) is 13.8 Å². The molecule has 0 fully saturated rings. The van der Waals surface area contributed by atoms with Crippen molar-refractivity contribution in [3.8, 4) is 0 Å². The van der Waals surface area contributed by atoms with Gasteiger partial charge in [0.25, 0.3) is 5.56 Å². The van der Waals surface area contributed by atoms with Crippen molar-refractivity contribution in [3.63, 3.8) is 0 Å². The quantitative estimate of drug-likeness (QED) is 0.572. The lowest BCUT2D eigenvalue weighted by atomic mass is 10.2. The van der Waals surface area contributed by atoms with Crippen LogP contribution in [-0.4, -0.2) is 18.9 Å². The second-order valence-electron chi connectivity index (χ2n) is 5.90. The molecule has 0 unspecified atom stereocenters. The van der Waals surface area contributed by atoms with Crippen LogP contribution < -0.4 is 5.56 Å². The SMILES string of the molecule is Cc1ccc2ncn(Cc3cn4cc(C)ccc4n3)c(=O)c2c1. The lowest BCUT2D eigenvalue weighted by Gasteiger charge is -2.05. The Morgan fingerprint density at radius 1 is 1.04 bits per heavy atom. The van der Waals surface area contributed by atoms with Crippen molar-refractivity contribution in [3.05, 3.63) is 76.2 Å². The topological polar surface area (TPSA) is 52.2 Å². The van der Waals surface area contributed by atoms with Crippen molar-refractivity contribution >= 4 is 16.6 Å². The van der Waals surface area contributed by atoms with Crippen LogP contribution in [0.3, 0.4) is 0 Å². The van der Waals surface area contributed by atoms with Gasteiger partial charge in [-0.05, 0) is 37.6 Å². The molecule has 5 heteroatoms. The molecule has 0 aliphatic carbocycles. The van der Waals surface area contributed by atoms with E-state index in [1.165, 1.54) is 5.56 Å². The maximum absolute atomic E-state index is 12.6. The summed E-state index contributed by atoms with van der Waals surface area (Å²) in [4.78, 5) is 21.6. The van der Waals surface area contributed by atoms with E-state index in [-0.39, 0.29) is 5.56 Å². The summed E-state index contributed by atoms with van der Waals surface area (Å²) in [6.45, 7) is 4.43. The number of rotatable bonds is 2. The van der Waals surface area contributed by atoms with Crippen molar-refractivity contribution in [2.45, 2.75) is 20.4 Å². The van der Waals surface area contributed by atoms with Crippen molar-refractivity contribution < 1.29 is 0 Å². The second-order valence-corrected chi connectivity index (χ2v) is 5.90. The fourth-order valence-corrected chi connectivity index (χ4v) is 2.79. The highest BCUT2D eigenvalue weighted by Crippen LogP contribution is 2.11. The molecule has 0 radical (unpaired) electrons. The summed E-state index contributed by atoms with van der Waals surface area (Å²) in [6.07, 6.45) is 5.57. The number of aryl methyl sites for hydroxylation is 2. The molecule has 5 nitrogen and oxygen atoms in total. The van der Waals surface area contributed by atoms with Gasteiger partial charge in [-0.1, -0.05) is 17.7 Å². The zero-order valence-electron chi connectivity index (χ0n) is 13.0. The number of imidazole rings is 1. The zero-order chi connectivity index (χ0) is 16.0. The van der Waals surface area contributed by atoms with Gasteiger partial charge in [-0.15, -0.1) is 0 Å². The third kappa shape index (κ3) is 2.40. The van der Waals surface area contributed by atoms with Gasteiger partial charge in [-0.3, -0.25) is 9.36 Å². The molecular weight excluding hydrogens is 288 g/mol. The Balaban J connectivity index is 1.79. The number of aromatic nitrogens is 4. The molecule has 0 saturated carbocycles. The predicted octanol–water partition coefficient (Wildman–Crippen LogP) is 2.71. The first-order chi connectivity index (χ1) is 11.1. The van der Waals surface area contributed by atoms with Gasteiger partial charge < -0.3 is 4.40 Å². The van der Waals surface area contributed by atoms with Crippen LogP contribution in [0.4, 0.5) is 0 Å². The van der Waals surface area contributed by atoms with Crippen LogP contribution in [-0.2, 0) is 6.54 Å². The van der Waals surface area contributed by atoms with E-state index in [0.717, 1.165) is 22.4 Å². The molecule has 23 heavy (non-hydrogen) atoms. The number of pyridine rings is 1. The summed E-state index contributed by atoms with van der Waals surface area (Å²) in [7, 11) is 0. The molecule has 0 amide bonds. The molecule has 3 aromatic heterocycles. The summed E-state index contributed by atoms with van der Waals surface area (Å²) in [6, 6.07) is 9.73. The molecule has 4 aromatic rings. The standard InChI is InChI=1S/C18H16N4O/c1-12-3-5-16-15(7-12)18(23)22(11-19-16)10-14-9-21-8-13(2)4-6-17(21)20-14/h3-9,11H,10H2,1-2H3. The maximum Gasteiger partial charge on any atom is 0.261 e. The Hall–Kier alpha value is -2.95. The van der Waals surface area contributed by atoms with Gasteiger partial charge in [0.1, 0.15) is 5.65 Å². The fourth-order valence-electron chi connectivity index (χ4n) is 2.79. The molecule has 0 N–H and O–H groups in total. The minimum absolute atomic E-state index is 0.0352. The van der Waals surface area contributed by atoms with E-state index in [2.05, 4.69) is 9.97 Å². The number of hydrogen-bond acceptors (Lipinski definition) is 3. The largest absolute Gasteiger partial charge is 0.306 e. The Morgan fingerprint density at radius 3 is 2.74 bits per heavy atom. The van der Waals surface area contributed by atoms with Crippen molar-refractivity contribution in [1.29, 1.82) is 0 Å². The summed E-state index contributed by atoms with van der Waals surface area (Å²) < 4.78 is 3.59. The monoisotopic (exact) mass is 304 g/mol. The first-order valence-electron chi connectivity index (χ1n) is 7.50. The minimum atomic E-state index is -0.0352. The van der Waals surface area contributed by atoms with Crippen LogP contribution in [0.25, 0.3) is 16.6 Å². The molecule has 0 atom stereocenters. The van der Waals surface area contributed by atoms with Gasteiger partial charge in [0.05, 0.1) is 29.5 Å². The van der Waals surface area contributed by atoms with Gasteiger partial charge in [0.15, 0.2) is 0 Å². The van der Waals surface area contributed by atoms with E-state index in [1.807, 2.05) is 61.0 Å². The van der Waals surface area contributed by atoms with Crippen molar-refractivity contribution in [1.82, 2.24) is 18.9 Å². The first kappa shape index (κ1) is 13.7. The molecule has 0 aliphatic rings. The molecule has 0 aliphatic heterocycles. The average Bonchev–Trinajstić information content (AvgIpc) is 2.92. The van der Waals surface area contributed by atoms with E-state index >= 15 is 0 Å². The fraction of sp³-hybridized carbons (Fsp3) is 0.167. The average molecular weight is 304 g/mol. The zero-order valence-corrected chi connectivity index (χ0v) is 13.0. The molecule has 0 bridgehead atoms. The highest BCUT2D eigenvalue weighted by molar-refractivity contribution is 5.77. The summed E-state index contributed by atoms with van der Waals surface area (Å²) in [5, 5.41) is 0.645. The van der Waals surface area contributed by atoms with E-state index < -0.39 is 0 Å². The van der Waals surface area contributed by atoms with E-state index in [1.54, 1.807) is 10.9 Å². The van der Waals surface area contributed by atoms with Crippen molar-refractivity contribution in [2.75, 3.05) is 0 Å². The molecule has 0 spiro atoms. The molecule has 4 rings (SSSR count). The third-order valence-corrected chi connectivity index (χ3v) is 3.96. The summed E-state index contributed by atoms with van der Waals surface area (Å²) in [5.74, 6) is 0. The molecule has 0 saturated heterocycles. The second kappa shape index (κ2) is 5.05. The molecule has 114 valence electrons. The Bertz CT molecular complexity index is 1090. The number of benzene rings is 1. The normalized spacial score (nSPS) is 11.4. The third-order valence-electron chi connectivity index (χ3n) is 3.96. The van der Waals surface area contributed by atoms with Gasteiger partial charge >= 0.3 is 0 Å². The lowest BCUT2D eigenvalue weighted by molar-refractivity contribution is 0.734. The number of nitrogens with zero attached hydrogens (tertiary/aromatic N) is 4. The van der Waals surface area contributed by atoms with Gasteiger partial charge in [-0.25, -0.2) is 9.97 Å². The maximum atomic E-state index is 12.6. The minimum Gasteiger partial charge on any atom is -0.306 e. The summed E-state index contributed by atoms with van der Waals surface area (Å²) in [5.41, 5.74) is 4.63. The Labute approximate surface area is 132 Å². The van der Waals surface area contributed by atoms with Gasteiger partial charge in [0.2, 0.25) is 0 Å². The van der Waals surface area contributed by atoms with Crippen LogP contribution in [0.5, 0.6) is 0 Å². The van der Waals surface area contributed by atoms with Crippen LogP contribution >= 0.6 is 0 Å². The lowest BCUT2D eigenvalue weighted by Crippen LogP contribution is -2.21. The Kier molecular flexibility index (Phi) is 3.01. The predicted molar refractivity (Wildman–Crippen MR) is 89.8 cm³/mol. The molecular formula is C18H16N4O. The van der Waals surface area contributed by atoms with Crippen molar-refractivity contribution in [2.24, 2.45) is 0 Å². The summed E-state index contributed by atoms with van der Waals surface area (Å²) >= 11 is 0. The first-order valence-corrected chi connectivity index (χ1v) is 7.50. The number of fused-ring (bicyclic) bond motifs is 2. The van der Waals surface area contributed by atoms with E-state index in [4.69, 9.17) is 0 Å². The molecule has 3 heterocycles. The highest BCUT2D eigenvalue weighted by atomic mass is 16.1. The van der Waals surface area contributed by atoms with Crippen LogP contribution in [0.1, 0.15) is 16.8 Å². The van der Waals surface area contributed by atoms with E-state index in [0.29, 0.717) is 11.9 Å². The highest BCUT2D eigenvalue weighted by Gasteiger charge is 2.07. The van der Waals surface area contributed by atoms with E-state index in [9.17, 15) is 4.79 Å². The van der Waals surface area contributed by atoms with Gasteiger partial charge in [0, 0.05) is 12.4 Å². The van der Waals surface area contributed by atoms with Gasteiger partial charge in [-0.2, -0.15) is 0 Å². The number of hydrogen-bond donors (Lipinski definition) is 0. The Morgan fingerprint density at radius 2 is 1.87 bits per heavy atom.